The summed E-state index contributed by atoms with van der Waals surface area (Å²) >= 11 is 0. The zero-order valence-corrected chi connectivity index (χ0v) is 16.6. The molecule has 0 atom stereocenters. The lowest BCUT2D eigenvalue weighted by atomic mass is 9.96. The van der Waals surface area contributed by atoms with Crippen LogP contribution in [0.1, 0.15) is 26.3 Å². The number of imide groups is 1. The Balaban J connectivity index is 0.00000193. The average molecular weight is 423 g/mol. The van der Waals surface area contributed by atoms with Crippen molar-refractivity contribution in [1.29, 1.82) is 0 Å². The van der Waals surface area contributed by atoms with Gasteiger partial charge in [0.1, 0.15) is 5.82 Å². The molecule has 1 aliphatic heterocycles. The minimum absolute atomic E-state index is 0. The fraction of sp³-hybridized carbons (Fsp3) is 0.0909. The lowest BCUT2D eigenvalue weighted by Crippen LogP contribution is -2.24. The van der Waals surface area contributed by atoms with Crippen LogP contribution in [-0.2, 0) is 6.54 Å². The molecule has 6 rings (SSSR count). The Hall–Kier alpha value is -3.42. The van der Waals surface area contributed by atoms with Gasteiger partial charge in [0.25, 0.3) is 11.8 Å². The number of nitrogens with zero attached hydrogens (tertiary/aromatic N) is 1. The van der Waals surface area contributed by atoms with Crippen molar-refractivity contribution in [3.63, 3.8) is 0 Å². The summed E-state index contributed by atoms with van der Waals surface area (Å²) in [6.45, 7) is 0.334. The quantitative estimate of drug-likeness (QED) is 0.353. The van der Waals surface area contributed by atoms with Gasteiger partial charge in [0.15, 0.2) is 0 Å². The molecule has 3 aromatic carbocycles. The van der Waals surface area contributed by atoms with E-state index >= 15 is 0 Å². The number of rotatable bonds is 1. The summed E-state index contributed by atoms with van der Waals surface area (Å²) in [7, 11) is 1.48. The van der Waals surface area contributed by atoms with Gasteiger partial charge in [0.2, 0.25) is 0 Å². The molecule has 30 heavy (non-hydrogen) atoms. The van der Waals surface area contributed by atoms with E-state index in [1.54, 1.807) is 6.07 Å². The van der Waals surface area contributed by atoms with Gasteiger partial charge >= 0.3 is 0 Å². The summed E-state index contributed by atoms with van der Waals surface area (Å²) in [6.07, 6.45) is 0. The molecule has 0 unspecified atom stereocenters. The predicted octanol–water partition coefficient (Wildman–Crippen LogP) is 4.20. The Morgan fingerprint density at radius 3 is 2.30 bits per heavy atom. The van der Waals surface area contributed by atoms with E-state index in [4.69, 9.17) is 5.73 Å². The van der Waals surface area contributed by atoms with Crippen molar-refractivity contribution in [3.05, 3.63) is 58.9 Å². The molecule has 0 bridgehead atoms. The lowest BCUT2D eigenvalue weighted by molar-refractivity contribution is 0.0694. The smallest absolute Gasteiger partial charge is 0.262 e. The number of aromatic amines is 2. The molecule has 8 heteroatoms. The Kier molecular flexibility index (Phi) is 3.75. The second kappa shape index (κ2) is 6.04. The fourth-order valence-corrected chi connectivity index (χ4v) is 4.62. The van der Waals surface area contributed by atoms with Crippen LogP contribution in [-0.4, -0.2) is 33.7 Å². The summed E-state index contributed by atoms with van der Waals surface area (Å²) in [5.74, 6) is -1.07. The number of benzene rings is 3. The molecule has 4 N–H and O–H groups in total. The Morgan fingerprint density at radius 2 is 1.60 bits per heavy atom. The summed E-state index contributed by atoms with van der Waals surface area (Å²) < 4.78 is 13.8. The Bertz CT molecular complexity index is 1570. The van der Waals surface area contributed by atoms with Gasteiger partial charge in [-0.3, -0.25) is 14.5 Å². The van der Waals surface area contributed by atoms with E-state index in [2.05, 4.69) is 9.97 Å². The largest absolute Gasteiger partial charge is 0.353 e. The number of aromatic nitrogens is 2. The number of carbonyl (C=O) groups is 2. The third kappa shape index (κ3) is 2.05. The van der Waals surface area contributed by atoms with Gasteiger partial charge in [-0.1, -0.05) is 18.2 Å². The highest BCUT2D eigenvalue weighted by molar-refractivity contribution is 6.39. The first-order chi connectivity index (χ1) is 14.0. The topological polar surface area (TPSA) is 95.0 Å². The molecule has 3 heterocycles. The van der Waals surface area contributed by atoms with E-state index in [0.29, 0.717) is 50.4 Å². The molecule has 1 aliphatic rings. The maximum Gasteiger partial charge on any atom is 0.262 e. The minimum atomic E-state index is -0.376. The molecule has 5 aromatic rings. The van der Waals surface area contributed by atoms with Crippen molar-refractivity contribution in [1.82, 2.24) is 14.9 Å². The van der Waals surface area contributed by atoms with Crippen LogP contribution in [0.3, 0.4) is 0 Å². The monoisotopic (exact) mass is 422 g/mol. The second-order valence-electron chi connectivity index (χ2n) is 7.40. The van der Waals surface area contributed by atoms with Crippen molar-refractivity contribution in [3.8, 4) is 0 Å². The van der Waals surface area contributed by atoms with E-state index < -0.39 is 0 Å². The summed E-state index contributed by atoms with van der Waals surface area (Å²) in [5.41, 5.74) is 10.4. The zero-order chi connectivity index (χ0) is 20.0. The molecule has 0 saturated carbocycles. The molecule has 0 saturated heterocycles. The van der Waals surface area contributed by atoms with Gasteiger partial charge in [0, 0.05) is 40.7 Å². The van der Waals surface area contributed by atoms with Gasteiger partial charge < -0.3 is 15.7 Å². The van der Waals surface area contributed by atoms with Crippen LogP contribution in [0, 0.1) is 5.82 Å². The lowest BCUT2D eigenvalue weighted by Gasteiger charge is -2.03. The third-order valence-electron chi connectivity index (χ3n) is 5.94. The molecule has 2 aromatic heterocycles. The molecule has 0 spiro atoms. The predicted molar refractivity (Wildman–Crippen MR) is 117 cm³/mol. The number of hydrogen-bond donors (Lipinski definition) is 3. The van der Waals surface area contributed by atoms with Crippen LogP contribution in [0.15, 0.2) is 36.4 Å². The van der Waals surface area contributed by atoms with Gasteiger partial charge in [-0.05, 0) is 23.8 Å². The normalized spacial score (nSPS) is 13.8. The number of nitrogens with two attached hydrogens (primary N) is 1. The van der Waals surface area contributed by atoms with E-state index in [0.717, 1.165) is 21.4 Å². The summed E-state index contributed by atoms with van der Waals surface area (Å²) in [6, 6.07) is 10.1. The first-order valence-electron chi connectivity index (χ1n) is 9.24. The van der Waals surface area contributed by atoms with Crippen molar-refractivity contribution < 1.29 is 14.0 Å². The zero-order valence-electron chi connectivity index (χ0n) is 15.8. The van der Waals surface area contributed by atoms with Crippen LogP contribution in [0.4, 0.5) is 4.39 Å². The standard InChI is InChI=1S/C22H15FN4O2.ClH/c1-27-21(28)16-14-11-6-5-10(23)7-13(11)25-19(14)20-15(17(16)22(27)29)12-4-2-3-9(8-24)18(12)26-20;/h2-7,25-26H,8,24H2,1H3;1H. The molecule has 0 aliphatic carbocycles. The second-order valence-corrected chi connectivity index (χ2v) is 7.40. The number of nitrogens with one attached hydrogen (secondary N) is 2. The van der Waals surface area contributed by atoms with Crippen molar-refractivity contribution in [2.45, 2.75) is 6.54 Å². The number of fused-ring (bicyclic) bond motifs is 10. The summed E-state index contributed by atoms with van der Waals surface area (Å²) in [4.78, 5) is 33.9. The molecular formula is C22H16ClFN4O2. The number of halogens is 2. The Labute approximate surface area is 175 Å². The number of H-pyrrole nitrogens is 2. The molecule has 150 valence electrons. The van der Waals surface area contributed by atoms with Crippen LogP contribution >= 0.6 is 12.4 Å². The minimum Gasteiger partial charge on any atom is -0.353 e. The van der Waals surface area contributed by atoms with Crippen LogP contribution in [0.25, 0.3) is 43.6 Å². The average Bonchev–Trinajstić information content (AvgIpc) is 3.34. The summed E-state index contributed by atoms with van der Waals surface area (Å²) in [5, 5.41) is 2.86. The highest BCUT2D eigenvalue weighted by atomic mass is 35.5. The maximum absolute atomic E-state index is 13.8. The van der Waals surface area contributed by atoms with Crippen molar-refractivity contribution >= 4 is 67.8 Å². The Morgan fingerprint density at radius 1 is 0.933 bits per heavy atom. The van der Waals surface area contributed by atoms with E-state index in [-0.39, 0.29) is 30.0 Å². The van der Waals surface area contributed by atoms with Crippen LogP contribution in [0.2, 0.25) is 0 Å². The number of para-hydroxylation sites is 1. The number of amides is 2. The first kappa shape index (κ1) is 18.6. The van der Waals surface area contributed by atoms with Crippen LogP contribution < -0.4 is 5.73 Å². The highest BCUT2D eigenvalue weighted by Gasteiger charge is 2.39. The van der Waals surface area contributed by atoms with E-state index in [1.807, 2.05) is 18.2 Å². The highest BCUT2D eigenvalue weighted by Crippen LogP contribution is 2.43. The SMILES string of the molecule is CN1C(=O)c2c(c3c4cccc(CN)c4[nH]c3c3[nH]c4cc(F)ccc4c23)C1=O.Cl. The van der Waals surface area contributed by atoms with Crippen LogP contribution in [0.5, 0.6) is 0 Å². The molecular weight excluding hydrogens is 407 g/mol. The fourth-order valence-electron chi connectivity index (χ4n) is 4.62. The van der Waals surface area contributed by atoms with Gasteiger partial charge in [0.05, 0.1) is 27.7 Å². The molecule has 6 nitrogen and oxygen atoms in total. The first-order valence-corrected chi connectivity index (χ1v) is 9.24. The van der Waals surface area contributed by atoms with Crippen molar-refractivity contribution in [2.75, 3.05) is 7.05 Å². The molecule has 2 amide bonds. The van der Waals surface area contributed by atoms with E-state index in [9.17, 15) is 14.0 Å². The van der Waals surface area contributed by atoms with E-state index in [1.165, 1.54) is 19.2 Å². The van der Waals surface area contributed by atoms with Crippen molar-refractivity contribution in [2.24, 2.45) is 5.73 Å². The maximum atomic E-state index is 13.8. The molecule has 0 fully saturated rings. The molecule has 0 radical (unpaired) electrons. The van der Waals surface area contributed by atoms with Gasteiger partial charge in [-0.15, -0.1) is 12.4 Å². The van der Waals surface area contributed by atoms with Gasteiger partial charge in [-0.2, -0.15) is 0 Å². The third-order valence-corrected chi connectivity index (χ3v) is 5.94. The number of hydrogen-bond acceptors (Lipinski definition) is 3. The number of carbonyl (C=O) groups excluding carboxylic acids is 2. The van der Waals surface area contributed by atoms with Gasteiger partial charge in [-0.25, -0.2) is 4.39 Å².